The molecule has 33 heavy (non-hydrogen) atoms. The number of Topliss-reactive ketones (excluding diaryl/α,β-unsaturated/α-hetero) is 1. The predicted molar refractivity (Wildman–Crippen MR) is 136 cm³/mol. The highest BCUT2D eigenvalue weighted by Crippen LogP contribution is 2.55. The lowest BCUT2D eigenvalue weighted by molar-refractivity contribution is -0.140. The van der Waals surface area contributed by atoms with E-state index in [9.17, 15) is 9.59 Å². The van der Waals surface area contributed by atoms with Crippen LogP contribution in [0.5, 0.6) is 0 Å². The van der Waals surface area contributed by atoms with Crippen molar-refractivity contribution in [1.82, 2.24) is 0 Å². The van der Waals surface area contributed by atoms with Crippen molar-refractivity contribution >= 4 is 30.8 Å². The van der Waals surface area contributed by atoms with Crippen molar-refractivity contribution < 1.29 is 14.0 Å². The monoisotopic (exact) mass is 462 g/mol. The molecular weight excluding hydrogens is 424 g/mol. The molecule has 3 saturated carbocycles. The molecule has 3 atom stereocenters. The Morgan fingerprint density at radius 1 is 1.03 bits per heavy atom. The van der Waals surface area contributed by atoms with Gasteiger partial charge in [0.25, 0.3) is 8.32 Å². The summed E-state index contributed by atoms with van der Waals surface area (Å²) in [7, 11) is -2.53. The number of hydrogen-bond donors (Lipinski definition) is 0. The molecule has 0 radical (unpaired) electrons. The van der Waals surface area contributed by atoms with Gasteiger partial charge < -0.3 is 9.22 Å². The van der Waals surface area contributed by atoms with Crippen molar-refractivity contribution in [3.8, 4) is 0 Å². The van der Waals surface area contributed by atoms with Gasteiger partial charge in [-0.15, -0.1) is 0 Å². The Hall–Kier alpha value is -2.04. The molecule has 2 aromatic rings. The van der Waals surface area contributed by atoms with E-state index in [2.05, 4.69) is 81.4 Å². The van der Waals surface area contributed by atoms with Crippen LogP contribution in [0.1, 0.15) is 65.7 Å². The van der Waals surface area contributed by atoms with Gasteiger partial charge in [-0.25, -0.2) is 0 Å². The maximum Gasteiger partial charge on any atom is 0.261 e. The fourth-order valence-corrected chi connectivity index (χ4v) is 11.3. The predicted octanol–water partition coefficient (Wildman–Crippen LogP) is 5.31. The average molecular weight is 463 g/mol. The number of carbonyl (C=O) groups is 2. The number of hydrogen-bond acceptors (Lipinski definition) is 3. The van der Waals surface area contributed by atoms with E-state index in [4.69, 9.17) is 4.43 Å². The van der Waals surface area contributed by atoms with E-state index in [1.165, 1.54) is 10.4 Å². The van der Waals surface area contributed by atoms with Gasteiger partial charge in [0.1, 0.15) is 12.1 Å². The maximum atomic E-state index is 12.6. The molecule has 3 aliphatic rings. The minimum atomic E-state index is -2.53. The average Bonchev–Trinajstić information content (AvgIpc) is 2.81. The molecular formula is C29H38O3Si. The van der Waals surface area contributed by atoms with Crippen molar-refractivity contribution in [2.24, 2.45) is 17.3 Å². The van der Waals surface area contributed by atoms with Gasteiger partial charge in [-0.2, -0.15) is 0 Å². The van der Waals surface area contributed by atoms with Gasteiger partial charge in [0.15, 0.2) is 0 Å². The van der Waals surface area contributed by atoms with E-state index >= 15 is 0 Å². The van der Waals surface area contributed by atoms with Crippen LogP contribution in [0.15, 0.2) is 60.7 Å². The molecule has 0 spiro atoms. The third-order valence-electron chi connectivity index (χ3n) is 8.34. The van der Waals surface area contributed by atoms with E-state index in [0.717, 1.165) is 38.4 Å². The standard InChI is InChI=1S/C29H38O3Si/c1-28(2,3)33(25-11-6-4-7-12-25,26-13-8-5-9-14-26)32-20-10-17-29-18-15-23(27(31)22-29)21-24(29)16-19-30/h4-9,11-14,19,23-24H,10,15-18,20-22H2,1-3H3. The highest BCUT2D eigenvalue weighted by Gasteiger charge is 2.52. The van der Waals surface area contributed by atoms with Crippen molar-refractivity contribution in [1.29, 1.82) is 0 Å². The van der Waals surface area contributed by atoms with E-state index in [1.807, 2.05) is 0 Å². The van der Waals surface area contributed by atoms with Crippen LogP contribution in [0.25, 0.3) is 0 Å². The molecule has 2 aromatic carbocycles. The minimum absolute atomic E-state index is 0.00153. The van der Waals surface area contributed by atoms with E-state index < -0.39 is 8.32 Å². The molecule has 0 aromatic heterocycles. The Kier molecular flexibility index (Phi) is 7.06. The third-order valence-corrected chi connectivity index (χ3v) is 13.4. The Bertz CT molecular complexity index is 910. The maximum absolute atomic E-state index is 12.6. The summed E-state index contributed by atoms with van der Waals surface area (Å²) in [5.74, 6) is 0.987. The Morgan fingerprint density at radius 2 is 1.64 bits per heavy atom. The van der Waals surface area contributed by atoms with Gasteiger partial charge in [0.2, 0.25) is 0 Å². The first-order valence-corrected chi connectivity index (χ1v) is 14.4. The lowest BCUT2D eigenvalue weighted by atomic mass is 9.52. The first-order valence-electron chi connectivity index (χ1n) is 12.5. The second kappa shape index (κ2) is 9.67. The van der Waals surface area contributed by atoms with Gasteiger partial charge in [-0.05, 0) is 58.8 Å². The first kappa shape index (κ1) is 24.1. The fraction of sp³-hybridized carbons (Fsp3) is 0.517. The number of fused-ring (bicyclic) bond motifs is 3. The quantitative estimate of drug-likeness (QED) is 0.288. The van der Waals surface area contributed by atoms with Crippen LogP contribution in [0, 0.1) is 17.3 Å². The molecule has 0 heterocycles. The zero-order valence-corrected chi connectivity index (χ0v) is 21.4. The molecule has 0 amide bonds. The first-order chi connectivity index (χ1) is 15.8. The van der Waals surface area contributed by atoms with Crippen molar-refractivity contribution in [3.05, 3.63) is 60.7 Å². The molecule has 5 rings (SSSR count). The van der Waals surface area contributed by atoms with Crippen LogP contribution in [0.4, 0.5) is 0 Å². The zero-order chi connectivity index (χ0) is 23.5. The second-order valence-corrected chi connectivity index (χ2v) is 15.5. The van der Waals surface area contributed by atoms with Gasteiger partial charge in [-0.3, -0.25) is 4.79 Å². The van der Waals surface area contributed by atoms with Gasteiger partial charge in [-0.1, -0.05) is 81.4 Å². The molecule has 3 fully saturated rings. The lowest BCUT2D eigenvalue weighted by Gasteiger charge is -2.51. The Labute approximate surface area is 200 Å². The van der Waals surface area contributed by atoms with Crippen LogP contribution in [-0.2, 0) is 14.0 Å². The fourth-order valence-electron chi connectivity index (χ4n) is 6.68. The van der Waals surface area contributed by atoms with Crippen LogP contribution in [0.3, 0.4) is 0 Å². The number of rotatable bonds is 9. The number of benzene rings is 2. The lowest BCUT2D eigenvalue weighted by Crippen LogP contribution is -2.66. The van der Waals surface area contributed by atoms with Gasteiger partial charge in [0, 0.05) is 25.4 Å². The molecule has 3 aliphatic carbocycles. The molecule has 0 aliphatic heterocycles. The summed E-state index contributed by atoms with van der Waals surface area (Å²) in [6, 6.07) is 21.5. The van der Waals surface area contributed by atoms with Gasteiger partial charge in [0.05, 0.1) is 0 Å². The number of aldehydes is 1. The van der Waals surface area contributed by atoms with Gasteiger partial charge >= 0.3 is 0 Å². The molecule has 3 nitrogen and oxygen atoms in total. The van der Waals surface area contributed by atoms with Crippen molar-refractivity contribution in [2.45, 2.75) is 70.8 Å². The van der Waals surface area contributed by atoms with Crippen LogP contribution in [0.2, 0.25) is 5.04 Å². The normalized spacial score (nSPS) is 25.2. The summed E-state index contributed by atoms with van der Waals surface area (Å²) in [4.78, 5) is 23.9. The summed E-state index contributed by atoms with van der Waals surface area (Å²) in [5.41, 5.74) is 0.00153. The van der Waals surface area contributed by atoms with Crippen LogP contribution in [-0.4, -0.2) is 27.0 Å². The Balaban J connectivity index is 1.57. The summed E-state index contributed by atoms with van der Waals surface area (Å²) in [6.07, 6.45) is 7.23. The van der Waals surface area contributed by atoms with E-state index in [0.29, 0.717) is 31.1 Å². The molecule has 4 heteroatoms. The largest absolute Gasteiger partial charge is 0.407 e. The molecule has 176 valence electrons. The Morgan fingerprint density at radius 3 is 2.15 bits per heavy atom. The van der Waals surface area contributed by atoms with Crippen LogP contribution < -0.4 is 10.4 Å². The minimum Gasteiger partial charge on any atom is -0.407 e. The van der Waals surface area contributed by atoms with E-state index in [-0.39, 0.29) is 16.4 Å². The molecule has 2 bridgehead atoms. The number of ketones is 1. The topological polar surface area (TPSA) is 43.4 Å². The summed E-state index contributed by atoms with van der Waals surface area (Å²) >= 11 is 0. The molecule has 0 N–H and O–H groups in total. The smallest absolute Gasteiger partial charge is 0.261 e. The van der Waals surface area contributed by atoms with Crippen molar-refractivity contribution in [2.75, 3.05) is 6.61 Å². The van der Waals surface area contributed by atoms with Crippen molar-refractivity contribution in [3.63, 3.8) is 0 Å². The summed E-state index contributed by atoms with van der Waals surface area (Å²) in [6.45, 7) is 7.60. The second-order valence-electron chi connectivity index (χ2n) is 11.2. The zero-order valence-electron chi connectivity index (χ0n) is 20.4. The molecule has 3 unspecified atom stereocenters. The summed E-state index contributed by atoms with van der Waals surface area (Å²) in [5, 5.41) is 2.57. The van der Waals surface area contributed by atoms with Crippen LogP contribution >= 0.6 is 0 Å². The SMILES string of the molecule is CC(C)(C)[Si](OCCCC12CCC(CC1CC=O)C(=O)C2)(c1ccccc1)c1ccccc1. The highest BCUT2D eigenvalue weighted by molar-refractivity contribution is 6.99. The third kappa shape index (κ3) is 4.52. The summed E-state index contributed by atoms with van der Waals surface area (Å²) < 4.78 is 7.07. The van der Waals surface area contributed by atoms with E-state index in [1.54, 1.807) is 0 Å². The number of carbonyl (C=O) groups excluding carboxylic acids is 2. The highest BCUT2D eigenvalue weighted by atomic mass is 28.4. The molecule has 0 saturated heterocycles.